The van der Waals surface area contributed by atoms with Crippen molar-refractivity contribution < 1.29 is 4.79 Å². The van der Waals surface area contributed by atoms with Crippen molar-refractivity contribution >= 4 is 11.6 Å². The molecule has 1 aliphatic rings. The molecule has 2 aromatic rings. The number of rotatable bonds is 5. The van der Waals surface area contributed by atoms with Crippen LogP contribution in [-0.4, -0.2) is 23.9 Å². The van der Waals surface area contributed by atoms with Gasteiger partial charge >= 0.3 is 0 Å². The average molecular weight is 388 g/mol. The molecule has 0 unspecified atom stereocenters. The van der Waals surface area contributed by atoms with Gasteiger partial charge in [-0.1, -0.05) is 48.0 Å². The molecule has 0 radical (unpaired) electrons. The molecule has 1 heterocycles. The van der Waals surface area contributed by atoms with E-state index in [0.717, 1.165) is 54.7 Å². The van der Waals surface area contributed by atoms with Gasteiger partial charge in [-0.3, -0.25) is 4.79 Å². The Balaban J connectivity index is 1.60. The lowest BCUT2D eigenvalue weighted by molar-refractivity contribution is -0.112. The predicted molar refractivity (Wildman–Crippen MR) is 117 cm³/mol. The van der Waals surface area contributed by atoms with Crippen molar-refractivity contribution in [1.29, 1.82) is 5.26 Å². The summed E-state index contributed by atoms with van der Waals surface area (Å²) in [5.41, 5.74) is 5.51. The van der Waals surface area contributed by atoms with Crippen LogP contribution in [0, 0.1) is 38.0 Å². The molecule has 0 saturated carbocycles. The third kappa shape index (κ3) is 5.48. The van der Waals surface area contributed by atoms with Crippen LogP contribution in [0.3, 0.4) is 0 Å². The third-order valence-electron chi connectivity index (χ3n) is 5.61. The number of likely N-dealkylation sites (tertiary alicyclic amines) is 1. The third-order valence-corrected chi connectivity index (χ3v) is 5.61. The number of hydrogen-bond donors (Lipinski definition) is 1. The molecular weight excluding hydrogens is 358 g/mol. The molecule has 0 spiro atoms. The predicted octanol–water partition coefficient (Wildman–Crippen LogP) is 4.91. The molecule has 4 heteroatoms. The van der Waals surface area contributed by atoms with Crippen LogP contribution in [-0.2, 0) is 11.2 Å². The van der Waals surface area contributed by atoms with Crippen LogP contribution in [0.4, 0.5) is 5.69 Å². The summed E-state index contributed by atoms with van der Waals surface area (Å²) in [6.45, 7) is 7.73. The minimum Gasteiger partial charge on any atom is -0.376 e. The molecular formula is C25H29N3O. The van der Waals surface area contributed by atoms with Gasteiger partial charge < -0.3 is 10.2 Å². The Bertz CT molecular complexity index is 909. The van der Waals surface area contributed by atoms with Gasteiger partial charge in [0.1, 0.15) is 11.6 Å². The van der Waals surface area contributed by atoms with Crippen molar-refractivity contribution in [2.24, 2.45) is 5.92 Å². The molecule has 1 saturated heterocycles. The Morgan fingerprint density at radius 3 is 2.34 bits per heavy atom. The van der Waals surface area contributed by atoms with Crippen LogP contribution >= 0.6 is 0 Å². The lowest BCUT2D eigenvalue weighted by Gasteiger charge is -2.31. The maximum absolute atomic E-state index is 12.7. The van der Waals surface area contributed by atoms with E-state index in [9.17, 15) is 10.1 Å². The number of nitrogens with zero attached hydrogens (tertiary/aromatic N) is 2. The number of nitriles is 1. The monoisotopic (exact) mass is 387 g/mol. The van der Waals surface area contributed by atoms with Gasteiger partial charge in [0.15, 0.2) is 0 Å². The summed E-state index contributed by atoms with van der Waals surface area (Å²) in [7, 11) is 0. The van der Waals surface area contributed by atoms with Crippen molar-refractivity contribution in [3.05, 3.63) is 76.5 Å². The molecule has 29 heavy (non-hydrogen) atoms. The number of nitrogens with one attached hydrogen (secondary N) is 1. The van der Waals surface area contributed by atoms with Crippen LogP contribution < -0.4 is 5.32 Å². The van der Waals surface area contributed by atoms with Crippen LogP contribution in [0.15, 0.2) is 54.2 Å². The summed E-state index contributed by atoms with van der Waals surface area (Å²) in [5.74, 6) is 0.313. The Kier molecular flexibility index (Phi) is 6.72. The number of aryl methyl sites for hydroxylation is 3. The van der Waals surface area contributed by atoms with Gasteiger partial charge in [-0.15, -0.1) is 0 Å². The summed E-state index contributed by atoms with van der Waals surface area (Å²) in [6, 6.07) is 16.7. The molecule has 1 aliphatic heterocycles. The Morgan fingerprint density at radius 2 is 1.76 bits per heavy atom. The van der Waals surface area contributed by atoms with Gasteiger partial charge in [-0.05, 0) is 62.6 Å². The number of carbonyl (C=O) groups is 1. The molecule has 0 aromatic heterocycles. The van der Waals surface area contributed by atoms with Crippen molar-refractivity contribution in [2.45, 2.75) is 40.0 Å². The summed E-state index contributed by atoms with van der Waals surface area (Å²) >= 11 is 0. The fraction of sp³-hybridized carbons (Fsp3) is 0.360. The van der Waals surface area contributed by atoms with Crippen LogP contribution in [0.25, 0.3) is 0 Å². The number of piperidine rings is 1. The Labute approximate surface area is 173 Å². The van der Waals surface area contributed by atoms with E-state index < -0.39 is 0 Å². The standard InChI is InChI=1S/C25H29N3O/c1-18-13-19(2)24(20(3)14-18)27-25(29)23(16-26)17-28-11-9-22(10-12-28)15-21-7-5-4-6-8-21/h4-8,13-14,17,22H,9-12,15H2,1-3H3,(H,27,29)/b23-17-. The van der Waals surface area contributed by atoms with E-state index in [1.165, 1.54) is 5.56 Å². The zero-order valence-electron chi connectivity index (χ0n) is 17.5. The average Bonchev–Trinajstić information content (AvgIpc) is 2.70. The maximum atomic E-state index is 12.7. The first-order valence-electron chi connectivity index (χ1n) is 10.3. The molecule has 3 rings (SSSR count). The highest BCUT2D eigenvalue weighted by molar-refractivity contribution is 6.07. The molecule has 0 aliphatic carbocycles. The zero-order chi connectivity index (χ0) is 20.8. The summed E-state index contributed by atoms with van der Waals surface area (Å²) < 4.78 is 0. The largest absolute Gasteiger partial charge is 0.376 e. The summed E-state index contributed by atoms with van der Waals surface area (Å²) in [6.07, 6.45) is 4.96. The van der Waals surface area contributed by atoms with E-state index in [4.69, 9.17) is 0 Å². The van der Waals surface area contributed by atoms with E-state index in [2.05, 4.69) is 40.6 Å². The maximum Gasteiger partial charge on any atom is 0.267 e. The molecule has 2 aromatic carbocycles. The minimum absolute atomic E-state index is 0.158. The highest BCUT2D eigenvalue weighted by Gasteiger charge is 2.20. The van der Waals surface area contributed by atoms with E-state index in [1.54, 1.807) is 6.20 Å². The number of amides is 1. The number of anilines is 1. The highest BCUT2D eigenvalue weighted by Crippen LogP contribution is 2.24. The van der Waals surface area contributed by atoms with E-state index >= 15 is 0 Å². The first kappa shape index (κ1) is 20.7. The molecule has 4 nitrogen and oxygen atoms in total. The van der Waals surface area contributed by atoms with E-state index in [1.807, 2.05) is 39.0 Å². The first-order chi connectivity index (χ1) is 14.0. The Hall–Kier alpha value is -3.06. The molecule has 0 bridgehead atoms. The van der Waals surface area contributed by atoms with Gasteiger partial charge in [-0.2, -0.15) is 5.26 Å². The second-order valence-electron chi connectivity index (χ2n) is 8.05. The number of benzene rings is 2. The molecule has 0 atom stereocenters. The number of hydrogen-bond acceptors (Lipinski definition) is 3. The van der Waals surface area contributed by atoms with Crippen molar-refractivity contribution in [2.75, 3.05) is 18.4 Å². The van der Waals surface area contributed by atoms with Crippen molar-refractivity contribution in [1.82, 2.24) is 4.90 Å². The fourth-order valence-electron chi connectivity index (χ4n) is 4.11. The molecule has 150 valence electrons. The lowest BCUT2D eigenvalue weighted by Crippen LogP contribution is -2.31. The van der Waals surface area contributed by atoms with E-state index in [0.29, 0.717) is 5.92 Å². The molecule has 1 N–H and O–H groups in total. The normalized spacial score (nSPS) is 15.1. The topological polar surface area (TPSA) is 56.1 Å². The summed E-state index contributed by atoms with van der Waals surface area (Å²) in [4.78, 5) is 14.8. The smallest absolute Gasteiger partial charge is 0.267 e. The highest BCUT2D eigenvalue weighted by atomic mass is 16.1. The molecule has 1 fully saturated rings. The van der Waals surface area contributed by atoms with Gasteiger partial charge in [0.05, 0.1) is 0 Å². The summed E-state index contributed by atoms with van der Waals surface area (Å²) in [5, 5.41) is 12.5. The van der Waals surface area contributed by atoms with Crippen molar-refractivity contribution in [3.63, 3.8) is 0 Å². The zero-order valence-corrected chi connectivity index (χ0v) is 17.5. The van der Waals surface area contributed by atoms with Gasteiger partial charge in [0.25, 0.3) is 5.91 Å². The Morgan fingerprint density at radius 1 is 1.14 bits per heavy atom. The quantitative estimate of drug-likeness (QED) is 0.586. The van der Waals surface area contributed by atoms with Crippen LogP contribution in [0.5, 0.6) is 0 Å². The second-order valence-corrected chi connectivity index (χ2v) is 8.05. The van der Waals surface area contributed by atoms with E-state index in [-0.39, 0.29) is 11.5 Å². The van der Waals surface area contributed by atoms with Gasteiger partial charge in [0, 0.05) is 25.0 Å². The van der Waals surface area contributed by atoms with Crippen LogP contribution in [0.2, 0.25) is 0 Å². The van der Waals surface area contributed by atoms with Gasteiger partial charge in [-0.25, -0.2) is 0 Å². The second kappa shape index (κ2) is 9.43. The van der Waals surface area contributed by atoms with Crippen molar-refractivity contribution in [3.8, 4) is 6.07 Å². The fourth-order valence-corrected chi connectivity index (χ4v) is 4.11. The number of carbonyl (C=O) groups excluding carboxylic acids is 1. The SMILES string of the molecule is Cc1cc(C)c(NC(=O)/C(C#N)=C\N2CCC(Cc3ccccc3)CC2)c(C)c1. The first-order valence-corrected chi connectivity index (χ1v) is 10.3. The van der Waals surface area contributed by atoms with Crippen LogP contribution in [0.1, 0.15) is 35.1 Å². The minimum atomic E-state index is -0.339. The molecule has 1 amide bonds. The lowest BCUT2D eigenvalue weighted by atomic mass is 9.90. The van der Waals surface area contributed by atoms with Gasteiger partial charge in [0.2, 0.25) is 0 Å².